The first-order valence-corrected chi connectivity index (χ1v) is 8.40. The molecule has 29 heavy (non-hydrogen) atoms. The number of carbonyl (C=O) groups excluding carboxylic acids is 5. The molecule has 1 N–H and O–H groups in total. The molecule has 1 rings (SSSR count). The van der Waals surface area contributed by atoms with Crippen molar-refractivity contribution in [2.24, 2.45) is 5.11 Å². The van der Waals surface area contributed by atoms with Crippen LogP contribution in [0.2, 0.25) is 0 Å². The van der Waals surface area contributed by atoms with Crippen molar-refractivity contribution in [2.45, 2.75) is 71.2 Å². The zero-order chi connectivity index (χ0) is 22.3. The van der Waals surface area contributed by atoms with Crippen LogP contribution in [0.25, 0.3) is 0 Å². The van der Waals surface area contributed by atoms with Gasteiger partial charge in [0.1, 0.15) is 10.6 Å². The number of rotatable bonds is 6. The highest BCUT2D eigenvalue weighted by Gasteiger charge is 2.61. The number of hydrogen-bond donors (Lipinski definition) is 1. The fraction of sp³-hybridized carbons (Fsp3) is 0.688. The smallest absolute Gasteiger partial charge is 0.303 e. The van der Waals surface area contributed by atoms with Crippen molar-refractivity contribution in [1.82, 2.24) is 4.91 Å². The third kappa shape index (κ3) is 6.64. The predicted molar refractivity (Wildman–Crippen MR) is 88.8 cm³/mol. The summed E-state index contributed by atoms with van der Waals surface area (Å²) < 4.78 is 25.9. The van der Waals surface area contributed by atoms with Crippen LogP contribution in [0, 0.1) is 5.53 Å². The summed E-state index contributed by atoms with van der Waals surface area (Å²) in [6.07, 6.45) is -7.43. The molecule has 0 spiro atoms. The SMILES string of the molecule is CC(=O)OC1C(N=[N+]=N)C(OC(C)=O)C(OC(C)=O)C(OC(C)=O)C1OC(C)=O. The van der Waals surface area contributed by atoms with Crippen molar-refractivity contribution in [1.29, 1.82) is 5.53 Å². The van der Waals surface area contributed by atoms with Gasteiger partial charge in [-0.05, 0) is 0 Å². The van der Waals surface area contributed by atoms with Gasteiger partial charge in [0, 0.05) is 34.6 Å². The topological polar surface area (TPSA) is 182 Å². The van der Waals surface area contributed by atoms with Gasteiger partial charge in [0.05, 0.1) is 0 Å². The highest BCUT2D eigenvalue weighted by atomic mass is 16.6. The summed E-state index contributed by atoms with van der Waals surface area (Å²) in [6.45, 7) is 5.26. The van der Waals surface area contributed by atoms with Gasteiger partial charge in [-0.15, -0.1) is 0 Å². The molecule has 0 aromatic heterocycles. The van der Waals surface area contributed by atoms with E-state index in [1.165, 1.54) is 0 Å². The van der Waals surface area contributed by atoms with Gasteiger partial charge in [-0.3, -0.25) is 24.0 Å². The highest BCUT2D eigenvalue weighted by molar-refractivity contribution is 5.70. The second-order valence-corrected chi connectivity index (χ2v) is 6.08. The van der Waals surface area contributed by atoms with Crippen LogP contribution >= 0.6 is 0 Å². The van der Waals surface area contributed by atoms with Crippen molar-refractivity contribution in [3.05, 3.63) is 0 Å². The lowest BCUT2D eigenvalue weighted by Crippen LogP contribution is -2.67. The number of hydrogen-bond acceptors (Lipinski definition) is 12. The molecule has 4 unspecified atom stereocenters. The van der Waals surface area contributed by atoms with E-state index in [-0.39, 0.29) is 0 Å². The van der Waals surface area contributed by atoms with Crippen molar-refractivity contribution >= 4 is 29.8 Å². The Hall–Kier alpha value is -3.34. The van der Waals surface area contributed by atoms with Crippen LogP contribution in [0.3, 0.4) is 0 Å². The summed E-state index contributed by atoms with van der Waals surface area (Å²) in [7, 11) is 0. The zero-order valence-electron chi connectivity index (χ0n) is 16.4. The Balaban J connectivity index is 3.66. The molecule has 1 aliphatic rings. The van der Waals surface area contributed by atoms with Crippen molar-refractivity contribution in [2.75, 3.05) is 0 Å². The number of carbonyl (C=O) groups is 5. The minimum Gasteiger partial charge on any atom is -0.456 e. The van der Waals surface area contributed by atoms with E-state index >= 15 is 0 Å². The lowest BCUT2D eigenvalue weighted by atomic mass is 9.82. The molecule has 160 valence electrons. The Morgan fingerprint density at radius 3 is 1.07 bits per heavy atom. The second-order valence-electron chi connectivity index (χ2n) is 6.08. The van der Waals surface area contributed by atoms with Crippen LogP contribution < -0.4 is 4.91 Å². The van der Waals surface area contributed by atoms with Crippen LogP contribution in [0.4, 0.5) is 0 Å². The van der Waals surface area contributed by atoms with Gasteiger partial charge < -0.3 is 23.7 Å². The maximum absolute atomic E-state index is 11.6. The number of esters is 5. The van der Waals surface area contributed by atoms with Gasteiger partial charge in [-0.2, -0.15) is 0 Å². The van der Waals surface area contributed by atoms with Gasteiger partial charge in [0.15, 0.2) is 30.5 Å². The Morgan fingerprint density at radius 2 is 0.828 bits per heavy atom. The molecule has 0 saturated heterocycles. The minimum atomic E-state index is -1.51. The average molecular weight is 416 g/mol. The molecule has 1 fully saturated rings. The summed E-state index contributed by atoms with van der Waals surface area (Å²) in [5, 5.41) is 3.60. The van der Waals surface area contributed by atoms with Crippen LogP contribution in [0.5, 0.6) is 0 Å². The fourth-order valence-electron chi connectivity index (χ4n) is 2.97. The van der Waals surface area contributed by atoms with Gasteiger partial charge in [0.25, 0.3) is 0 Å². The van der Waals surface area contributed by atoms with E-state index in [1.54, 1.807) is 0 Å². The second kappa shape index (κ2) is 10.3. The van der Waals surface area contributed by atoms with E-state index in [4.69, 9.17) is 29.2 Å². The first-order valence-electron chi connectivity index (χ1n) is 8.40. The van der Waals surface area contributed by atoms with Crippen LogP contribution in [0.1, 0.15) is 34.6 Å². The molecular weight excluding hydrogens is 394 g/mol. The lowest BCUT2D eigenvalue weighted by Gasteiger charge is -2.44. The largest absolute Gasteiger partial charge is 0.456 e. The van der Waals surface area contributed by atoms with Gasteiger partial charge in [-0.25, -0.2) is 0 Å². The van der Waals surface area contributed by atoms with Crippen molar-refractivity contribution in [3.8, 4) is 0 Å². The monoisotopic (exact) mass is 416 g/mol. The van der Waals surface area contributed by atoms with E-state index in [2.05, 4.69) is 10.0 Å². The highest BCUT2D eigenvalue weighted by Crippen LogP contribution is 2.34. The maximum atomic E-state index is 11.6. The Labute approximate surface area is 165 Å². The standard InChI is InChI=1S/C16H22N3O10/c1-6(20)25-12-11(18-19-17)13(26-7(2)21)15(28-9(4)23)16(29-10(5)24)14(12)27-8(3)22/h11-17H,1-5H3/q+1. The first kappa shape index (κ1) is 23.7. The molecule has 0 radical (unpaired) electrons. The number of nitrogens with one attached hydrogen (secondary N) is 1. The molecular formula is C16H22N3O10+. The Bertz CT molecular complexity index is 688. The van der Waals surface area contributed by atoms with Crippen LogP contribution in [-0.2, 0) is 47.7 Å². The quantitative estimate of drug-likeness (QED) is 0.258. The maximum Gasteiger partial charge on any atom is 0.303 e. The summed E-state index contributed by atoms with van der Waals surface area (Å²) in [5.74, 6) is -4.16. The van der Waals surface area contributed by atoms with Crippen molar-refractivity contribution < 1.29 is 47.7 Å². The molecule has 0 amide bonds. The molecule has 13 nitrogen and oxygen atoms in total. The van der Waals surface area contributed by atoms with E-state index in [0.29, 0.717) is 0 Å². The molecule has 0 aromatic rings. The minimum absolute atomic E-state index is 0.827. The summed E-state index contributed by atoms with van der Waals surface area (Å²) in [6, 6.07) is -1.40. The molecule has 1 saturated carbocycles. The number of ether oxygens (including phenoxy) is 5. The molecule has 13 heteroatoms. The zero-order valence-corrected chi connectivity index (χ0v) is 16.4. The third-order valence-corrected chi connectivity index (χ3v) is 3.67. The van der Waals surface area contributed by atoms with E-state index in [9.17, 15) is 24.0 Å². The first-order chi connectivity index (χ1) is 13.5. The fourth-order valence-corrected chi connectivity index (χ4v) is 2.97. The molecule has 4 atom stereocenters. The number of nitrogens with zero attached hydrogens (tertiary/aromatic N) is 2. The normalized spacial score (nSPS) is 28.2. The Kier molecular flexibility index (Phi) is 8.39. The lowest BCUT2D eigenvalue weighted by molar-refractivity contribution is -0.234. The summed E-state index contributed by atoms with van der Waals surface area (Å²) in [5.41, 5.74) is 7.04. The van der Waals surface area contributed by atoms with Crippen LogP contribution in [0.15, 0.2) is 5.11 Å². The molecule has 1 aliphatic carbocycles. The third-order valence-electron chi connectivity index (χ3n) is 3.67. The summed E-state index contributed by atoms with van der Waals surface area (Å²) >= 11 is 0. The van der Waals surface area contributed by atoms with E-state index in [1.807, 2.05) is 0 Å². The van der Waals surface area contributed by atoms with Crippen molar-refractivity contribution in [3.63, 3.8) is 0 Å². The van der Waals surface area contributed by atoms with Gasteiger partial charge in [-0.1, -0.05) is 0 Å². The Morgan fingerprint density at radius 1 is 0.586 bits per heavy atom. The van der Waals surface area contributed by atoms with Gasteiger partial charge >= 0.3 is 29.8 Å². The molecule has 0 heterocycles. The van der Waals surface area contributed by atoms with Crippen LogP contribution in [-0.4, -0.2) is 66.4 Å². The molecule has 0 bridgehead atoms. The predicted octanol–water partition coefficient (Wildman–Crippen LogP) is -0.423. The summed E-state index contributed by atoms with van der Waals surface area (Å²) in [4.78, 5) is 61.1. The van der Waals surface area contributed by atoms with E-state index in [0.717, 1.165) is 34.6 Å². The molecule has 0 aliphatic heterocycles. The molecule has 0 aromatic carbocycles. The van der Waals surface area contributed by atoms with E-state index < -0.39 is 66.4 Å². The average Bonchev–Trinajstić information content (AvgIpc) is 2.55. The van der Waals surface area contributed by atoms with Gasteiger partial charge in [0.2, 0.25) is 11.0 Å².